The van der Waals surface area contributed by atoms with Crippen molar-refractivity contribution in [3.05, 3.63) is 64.7 Å². The maximum Gasteiger partial charge on any atom is 0.237 e. The van der Waals surface area contributed by atoms with Crippen molar-refractivity contribution in [2.75, 3.05) is 5.32 Å². The largest absolute Gasteiger partial charge is 0.325 e. The number of benzene rings is 2. The van der Waals surface area contributed by atoms with Gasteiger partial charge in [0.1, 0.15) is 5.82 Å². The number of amides is 1. The van der Waals surface area contributed by atoms with Crippen LogP contribution in [-0.4, -0.2) is 15.9 Å². The average Bonchev–Trinajstić information content (AvgIpc) is 2.99. The van der Waals surface area contributed by atoms with Gasteiger partial charge in [0.15, 0.2) is 0 Å². The van der Waals surface area contributed by atoms with Gasteiger partial charge in [0.05, 0.1) is 27.8 Å². The van der Waals surface area contributed by atoms with Crippen molar-refractivity contribution in [2.45, 2.75) is 58.3 Å². The lowest BCUT2D eigenvalue weighted by Gasteiger charge is -2.39. The monoisotopic (exact) mass is 403 g/mol. The highest BCUT2D eigenvalue weighted by molar-refractivity contribution is 6.02. The Hall–Kier alpha value is -2.82. The Labute approximate surface area is 175 Å². The summed E-state index contributed by atoms with van der Waals surface area (Å²) in [5.41, 5.74) is 5.05. The van der Waals surface area contributed by atoms with Crippen molar-refractivity contribution in [3.8, 4) is 0 Å². The molecule has 1 heterocycles. The van der Waals surface area contributed by atoms with Crippen LogP contribution < -0.4 is 5.32 Å². The second kappa shape index (κ2) is 5.87. The molecule has 30 heavy (non-hydrogen) atoms. The molecule has 4 nitrogen and oxygen atoms in total. The van der Waals surface area contributed by atoms with E-state index in [2.05, 4.69) is 52.1 Å². The van der Waals surface area contributed by atoms with Crippen LogP contribution in [0.5, 0.6) is 0 Å². The van der Waals surface area contributed by atoms with Crippen molar-refractivity contribution >= 4 is 22.6 Å². The molecule has 2 aromatic carbocycles. The summed E-state index contributed by atoms with van der Waals surface area (Å²) in [7, 11) is 0. The van der Waals surface area contributed by atoms with Gasteiger partial charge >= 0.3 is 0 Å². The van der Waals surface area contributed by atoms with Gasteiger partial charge < -0.3 is 5.32 Å². The van der Waals surface area contributed by atoms with Crippen LogP contribution in [0.1, 0.15) is 56.1 Å². The van der Waals surface area contributed by atoms with E-state index >= 15 is 0 Å². The Balaban J connectivity index is 1.70. The van der Waals surface area contributed by atoms with Gasteiger partial charge in [-0.15, -0.1) is 0 Å². The van der Waals surface area contributed by atoms with Gasteiger partial charge in [-0.3, -0.25) is 4.79 Å². The number of halogens is 1. The lowest BCUT2D eigenvalue weighted by molar-refractivity contribution is -0.125. The summed E-state index contributed by atoms with van der Waals surface area (Å²) in [4.78, 5) is 23.9. The molecule has 1 fully saturated rings. The van der Waals surface area contributed by atoms with Crippen LogP contribution in [-0.2, 0) is 15.6 Å². The minimum atomic E-state index is -0.772. The van der Waals surface area contributed by atoms with E-state index in [1.54, 1.807) is 12.1 Å². The number of carbonyl (C=O) groups is 1. The average molecular weight is 404 g/mol. The van der Waals surface area contributed by atoms with E-state index in [1.165, 1.54) is 17.7 Å². The van der Waals surface area contributed by atoms with Crippen molar-refractivity contribution in [1.29, 1.82) is 0 Å². The first-order valence-corrected chi connectivity index (χ1v) is 10.5. The highest BCUT2D eigenvalue weighted by Crippen LogP contribution is 2.70. The number of nitrogens with zero attached hydrogens (tertiary/aromatic N) is 2. The van der Waals surface area contributed by atoms with Gasteiger partial charge in [-0.05, 0) is 79.6 Å². The summed E-state index contributed by atoms with van der Waals surface area (Å²) in [6, 6.07) is 10.1. The number of carbonyl (C=O) groups excluding carboxylic acids is 1. The summed E-state index contributed by atoms with van der Waals surface area (Å²) in [5.74, 6) is -0.409. The van der Waals surface area contributed by atoms with Gasteiger partial charge in [0, 0.05) is 11.1 Å². The maximum absolute atomic E-state index is 13.8. The fraction of sp³-hybridized carbons (Fsp3) is 0.400. The minimum absolute atomic E-state index is 0.0842. The summed E-state index contributed by atoms with van der Waals surface area (Å²) >= 11 is 0. The molecule has 2 unspecified atom stereocenters. The Morgan fingerprint density at radius 2 is 1.50 bits per heavy atom. The van der Waals surface area contributed by atoms with Crippen molar-refractivity contribution in [1.82, 2.24) is 9.97 Å². The van der Waals surface area contributed by atoms with Crippen LogP contribution in [0.3, 0.4) is 0 Å². The first-order valence-electron chi connectivity index (χ1n) is 10.5. The molecule has 1 N–H and O–H groups in total. The Bertz CT molecular complexity index is 1220. The predicted octanol–water partition coefficient (Wildman–Crippen LogP) is 5.35. The number of nitrogens with one attached hydrogen (secondary N) is 1. The molecule has 1 saturated carbocycles. The van der Waals surface area contributed by atoms with E-state index in [-0.39, 0.29) is 22.6 Å². The molecule has 2 aliphatic rings. The normalized spacial score (nSPS) is 26.1. The molecule has 0 radical (unpaired) electrons. The smallest absolute Gasteiger partial charge is 0.237 e. The SMILES string of the molecule is Cc1cc2nc3c(nc2cc1C)C1(C(=O)Nc2ccc(F)cc2)CCC3(C)C1(C)C. The Morgan fingerprint density at radius 3 is 2.10 bits per heavy atom. The van der Waals surface area contributed by atoms with E-state index < -0.39 is 5.41 Å². The number of hydrogen-bond donors (Lipinski definition) is 1. The van der Waals surface area contributed by atoms with Gasteiger partial charge in [0.25, 0.3) is 0 Å². The molecule has 0 aliphatic heterocycles. The second-order valence-electron chi connectivity index (χ2n) is 9.67. The van der Waals surface area contributed by atoms with E-state index in [0.29, 0.717) is 5.69 Å². The number of fused-ring (bicyclic) bond motifs is 6. The summed E-state index contributed by atoms with van der Waals surface area (Å²) in [6.07, 6.45) is 1.61. The molecule has 3 aromatic rings. The van der Waals surface area contributed by atoms with Crippen LogP contribution in [0.2, 0.25) is 0 Å². The van der Waals surface area contributed by atoms with E-state index in [1.807, 2.05) is 0 Å². The molecule has 5 rings (SSSR count). The minimum Gasteiger partial charge on any atom is -0.325 e. The number of anilines is 1. The first-order chi connectivity index (χ1) is 14.1. The number of hydrogen-bond acceptors (Lipinski definition) is 3. The van der Waals surface area contributed by atoms with Gasteiger partial charge in [0.2, 0.25) is 5.91 Å². The molecule has 0 saturated heterocycles. The third-order valence-corrected chi connectivity index (χ3v) is 8.14. The molecule has 2 atom stereocenters. The number of aryl methyl sites for hydroxylation is 2. The number of aromatic nitrogens is 2. The molecule has 2 aliphatic carbocycles. The summed E-state index contributed by atoms with van der Waals surface area (Å²) in [6.45, 7) is 10.7. The van der Waals surface area contributed by atoms with Crippen LogP contribution >= 0.6 is 0 Å². The molecular formula is C25H26FN3O. The summed E-state index contributed by atoms with van der Waals surface area (Å²) < 4.78 is 13.3. The van der Waals surface area contributed by atoms with Gasteiger partial charge in [-0.1, -0.05) is 20.8 Å². The molecule has 2 bridgehead atoms. The predicted molar refractivity (Wildman–Crippen MR) is 116 cm³/mol. The highest BCUT2D eigenvalue weighted by atomic mass is 19.1. The standard InChI is InChI=1S/C25H26FN3O/c1-14-12-18-19(13-15(14)2)29-21-20(28-18)24(5)10-11-25(21,23(24,3)4)22(30)27-17-8-6-16(26)7-9-17/h6-9,12-13H,10-11H2,1-5H3,(H,27,30). The molecule has 5 heteroatoms. The molecule has 1 amide bonds. The van der Waals surface area contributed by atoms with Gasteiger partial charge in [-0.2, -0.15) is 0 Å². The fourth-order valence-corrected chi connectivity index (χ4v) is 5.63. The lowest BCUT2D eigenvalue weighted by atomic mass is 9.63. The van der Waals surface area contributed by atoms with E-state index in [4.69, 9.17) is 9.97 Å². The van der Waals surface area contributed by atoms with Crippen molar-refractivity contribution in [3.63, 3.8) is 0 Å². The van der Waals surface area contributed by atoms with Crippen LogP contribution in [0.25, 0.3) is 11.0 Å². The summed E-state index contributed by atoms with van der Waals surface area (Å²) in [5, 5.41) is 3.04. The third-order valence-electron chi connectivity index (χ3n) is 8.14. The van der Waals surface area contributed by atoms with Crippen molar-refractivity contribution < 1.29 is 9.18 Å². The van der Waals surface area contributed by atoms with E-state index in [0.717, 1.165) is 40.8 Å². The zero-order valence-corrected chi connectivity index (χ0v) is 18.1. The maximum atomic E-state index is 13.8. The second-order valence-corrected chi connectivity index (χ2v) is 9.67. The zero-order chi connectivity index (χ0) is 21.5. The molecule has 0 spiro atoms. The van der Waals surface area contributed by atoms with E-state index in [9.17, 15) is 9.18 Å². The quantitative estimate of drug-likeness (QED) is 0.627. The fourth-order valence-electron chi connectivity index (χ4n) is 5.63. The van der Waals surface area contributed by atoms with Crippen LogP contribution in [0, 0.1) is 25.1 Å². The Kier molecular flexibility index (Phi) is 3.75. The topological polar surface area (TPSA) is 54.9 Å². The molecule has 1 aromatic heterocycles. The number of rotatable bonds is 2. The van der Waals surface area contributed by atoms with Crippen molar-refractivity contribution in [2.24, 2.45) is 5.41 Å². The van der Waals surface area contributed by atoms with Crippen LogP contribution in [0.4, 0.5) is 10.1 Å². The van der Waals surface area contributed by atoms with Gasteiger partial charge in [-0.25, -0.2) is 14.4 Å². The lowest BCUT2D eigenvalue weighted by Crippen LogP contribution is -2.48. The molecule has 154 valence electrons. The molecular weight excluding hydrogens is 377 g/mol. The zero-order valence-electron chi connectivity index (χ0n) is 18.1. The highest BCUT2D eigenvalue weighted by Gasteiger charge is 2.73. The first kappa shape index (κ1) is 19.2. The Morgan fingerprint density at radius 1 is 0.933 bits per heavy atom. The third kappa shape index (κ3) is 2.18. The van der Waals surface area contributed by atoms with Crippen LogP contribution in [0.15, 0.2) is 36.4 Å².